The number of nitrogens with one attached hydrogen (secondary N) is 1. The van der Waals surface area contributed by atoms with E-state index in [0.29, 0.717) is 43.3 Å². The summed E-state index contributed by atoms with van der Waals surface area (Å²) in [6, 6.07) is 12.2. The van der Waals surface area contributed by atoms with Crippen molar-refractivity contribution >= 4 is 23.2 Å². The predicted octanol–water partition coefficient (Wildman–Crippen LogP) is 2.47. The number of carbonyl (C=O) groups is 2. The van der Waals surface area contributed by atoms with E-state index in [0.717, 1.165) is 0 Å². The first-order valence-electron chi connectivity index (χ1n) is 9.13. The third-order valence-corrected chi connectivity index (χ3v) is 4.44. The highest BCUT2D eigenvalue weighted by atomic mass is 16.6. The Labute approximate surface area is 167 Å². The van der Waals surface area contributed by atoms with E-state index in [9.17, 15) is 19.7 Å². The van der Waals surface area contributed by atoms with Gasteiger partial charge < -0.3 is 19.7 Å². The lowest BCUT2D eigenvalue weighted by molar-refractivity contribution is -0.384. The zero-order valence-corrected chi connectivity index (χ0v) is 15.9. The molecular formula is C20H21N3O6. The number of rotatable bonds is 6. The minimum absolute atomic E-state index is 0.0648. The highest BCUT2D eigenvalue weighted by Crippen LogP contribution is 2.21. The number of hydrogen-bond acceptors (Lipinski definition) is 6. The topological polar surface area (TPSA) is 111 Å². The van der Waals surface area contributed by atoms with Gasteiger partial charge in [0.15, 0.2) is 6.10 Å². The summed E-state index contributed by atoms with van der Waals surface area (Å²) < 4.78 is 10.8. The standard InChI is InChI=1S/C20H21N3O6/c1-14(29-16-8-6-15(7-9-16)23(26)27)19(24)21-18-5-3-2-4-17(18)20(25)22-10-12-28-13-11-22/h2-9,14H,10-13H2,1H3,(H,21,24)/t14-/m1/s1. The molecule has 0 saturated carbocycles. The van der Waals surface area contributed by atoms with Gasteiger partial charge in [0, 0.05) is 25.2 Å². The molecule has 152 valence electrons. The summed E-state index contributed by atoms with van der Waals surface area (Å²) in [7, 11) is 0. The fraction of sp³-hybridized carbons (Fsp3) is 0.300. The van der Waals surface area contributed by atoms with E-state index in [1.807, 2.05) is 0 Å². The Morgan fingerprint density at radius 1 is 1.14 bits per heavy atom. The van der Waals surface area contributed by atoms with Gasteiger partial charge in [0.25, 0.3) is 17.5 Å². The number of carbonyl (C=O) groups excluding carboxylic acids is 2. The number of hydrogen-bond donors (Lipinski definition) is 1. The van der Waals surface area contributed by atoms with Crippen LogP contribution in [0.25, 0.3) is 0 Å². The molecule has 0 spiro atoms. The van der Waals surface area contributed by atoms with Crippen LogP contribution in [0.15, 0.2) is 48.5 Å². The summed E-state index contributed by atoms with van der Waals surface area (Å²) in [5, 5.41) is 13.4. The summed E-state index contributed by atoms with van der Waals surface area (Å²) >= 11 is 0. The summed E-state index contributed by atoms with van der Waals surface area (Å²) in [6.45, 7) is 3.53. The van der Waals surface area contributed by atoms with Crippen molar-refractivity contribution < 1.29 is 24.0 Å². The minimum atomic E-state index is -0.872. The summed E-state index contributed by atoms with van der Waals surface area (Å²) in [5.74, 6) is -0.283. The number of nitrogens with zero attached hydrogens (tertiary/aromatic N) is 2. The number of benzene rings is 2. The molecule has 1 saturated heterocycles. The van der Waals surface area contributed by atoms with Crippen LogP contribution in [0.1, 0.15) is 17.3 Å². The molecule has 1 heterocycles. The Bertz CT molecular complexity index is 893. The molecule has 2 aromatic carbocycles. The van der Waals surface area contributed by atoms with Gasteiger partial charge in [-0.1, -0.05) is 12.1 Å². The molecular weight excluding hydrogens is 378 g/mol. The zero-order valence-electron chi connectivity index (χ0n) is 15.9. The number of anilines is 1. The fourth-order valence-corrected chi connectivity index (χ4v) is 2.85. The maximum Gasteiger partial charge on any atom is 0.269 e. The van der Waals surface area contributed by atoms with Gasteiger partial charge in [-0.2, -0.15) is 0 Å². The van der Waals surface area contributed by atoms with E-state index in [4.69, 9.17) is 9.47 Å². The van der Waals surface area contributed by atoms with Crippen molar-refractivity contribution in [2.24, 2.45) is 0 Å². The molecule has 3 rings (SSSR count). The van der Waals surface area contributed by atoms with Crippen molar-refractivity contribution in [3.05, 3.63) is 64.2 Å². The summed E-state index contributed by atoms with van der Waals surface area (Å²) in [4.78, 5) is 37.2. The highest BCUT2D eigenvalue weighted by Gasteiger charge is 2.23. The molecule has 0 radical (unpaired) electrons. The zero-order chi connectivity index (χ0) is 20.8. The second-order valence-corrected chi connectivity index (χ2v) is 6.45. The van der Waals surface area contributed by atoms with Gasteiger partial charge in [-0.05, 0) is 31.2 Å². The molecule has 9 nitrogen and oxygen atoms in total. The minimum Gasteiger partial charge on any atom is -0.481 e. The number of nitro groups is 1. The normalized spacial score (nSPS) is 14.7. The predicted molar refractivity (Wildman–Crippen MR) is 105 cm³/mol. The van der Waals surface area contributed by atoms with Crippen LogP contribution >= 0.6 is 0 Å². The number of ether oxygens (including phenoxy) is 2. The Hall–Kier alpha value is -3.46. The third kappa shape index (κ3) is 5.08. The first-order chi connectivity index (χ1) is 14.0. The summed E-state index contributed by atoms with van der Waals surface area (Å²) in [6.07, 6.45) is -0.872. The molecule has 1 N–H and O–H groups in total. The Morgan fingerprint density at radius 3 is 2.45 bits per heavy atom. The lowest BCUT2D eigenvalue weighted by Crippen LogP contribution is -2.41. The first kappa shape index (κ1) is 20.3. The number of para-hydroxylation sites is 1. The van der Waals surface area contributed by atoms with Gasteiger partial charge in [0.1, 0.15) is 5.75 Å². The number of morpholine rings is 1. The summed E-state index contributed by atoms with van der Waals surface area (Å²) in [5.41, 5.74) is 0.725. The van der Waals surface area contributed by atoms with E-state index in [2.05, 4.69) is 5.32 Å². The average Bonchev–Trinajstić information content (AvgIpc) is 2.74. The molecule has 2 amide bonds. The SMILES string of the molecule is C[C@@H](Oc1ccc([N+](=O)[O-])cc1)C(=O)Nc1ccccc1C(=O)N1CCOCC1. The molecule has 0 aromatic heterocycles. The van der Waals surface area contributed by atoms with Crippen molar-refractivity contribution in [3.63, 3.8) is 0 Å². The van der Waals surface area contributed by atoms with E-state index in [-0.39, 0.29) is 11.6 Å². The van der Waals surface area contributed by atoms with Gasteiger partial charge in [-0.15, -0.1) is 0 Å². The molecule has 1 atom stereocenters. The van der Waals surface area contributed by atoms with Crippen LogP contribution < -0.4 is 10.1 Å². The molecule has 29 heavy (non-hydrogen) atoms. The molecule has 0 bridgehead atoms. The van der Waals surface area contributed by atoms with Crippen LogP contribution in [0, 0.1) is 10.1 Å². The molecule has 1 aliphatic heterocycles. The van der Waals surface area contributed by atoms with Gasteiger partial charge in [0.2, 0.25) is 0 Å². The highest BCUT2D eigenvalue weighted by molar-refractivity contribution is 6.04. The van der Waals surface area contributed by atoms with Crippen LogP contribution in [0.5, 0.6) is 5.75 Å². The smallest absolute Gasteiger partial charge is 0.269 e. The van der Waals surface area contributed by atoms with E-state index in [1.165, 1.54) is 24.3 Å². The lowest BCUT2D eigenvalue weighted by atomic mass is 10.1. The van der Waals surface area contributed by atoms with E-state index >= 15 is 0 Å². The Morgan fingerprint density at radius 2 is 1.79 bits per heavy atom. The molecule has 0 unspecified atom stereocenters. The van der Waals surface area contributed by atoms with Crippen molar-refractivity contribution in [1.29, 1.82) is 0 Å². The van der Waals surface area contributed by atoms with Crippen LogP contribution in [0.2, 0.25) is 0 Å². The van der Waals surface area contributed by atoms with Crippen molar-refractivity contribution in [2.45, 2.75) is 13.0 Å². The maximum atomic E-state index is 12.8. The number of nitro benzene ring substituents is 1. The van der Waals surface area contributed by atoms with Gasteiger partial charge in [-0.3, -0.25) is 19.7 Å². The Kier molecular flexibility index (Phi) is 6.40. The van der Waals surface area contributed by atoms with E-state index < -0.39 is 16.9 Å². The molecule has 9 heteroatoms. The molecule has 1 fully saturated rings. The quantitative estimate of drug-likeness (QED) is 0.590. The van der Waals surface area contributed by atoms with Crippen molar-refractivity contribution in [3.8, 4) is 5.75 Å². The average molecular weight is 399 g/mol. The third-order valence-electron chi connectivity index (χ3n) is 4.44. The Balaban J connectivity index is 1.66. The van der Waals surface area contributed by atoms with E-state index in [1.54, 1.807) is 36.1 Å². The van der Waals surface area contributed by atoms with Crippen LogP contribution in [-0.2, 0) is 9.53 Å². The molecule has 0 aliphatic carbocycles. The van der Waals surface area contributed by atoms with Crippen LogP contribution in [0.4, 0.5) is 11.4 Å². The number of non-ortho nitro benzene ring substituents is 1. The first-order valence-corrected chi connectivity index (χ1v) is 9.13. The fourth-order valence-electron chi connectivity index (χ4n) is 2.85. The van der Waals surface area contributed by atoms with Crippen molar-refractivity contribution in [1.82, 2.24) is 4.90 Å². The van der Waals surface area contributed by atoms with Crippen molar-refractivity contribution in [2.75, 3.05) is 31.6 Å². The maximum absolute atomic E-state index is 12.8. The lowest BCUT2D eigenvalue weighted by Gasteiger charge is -2.27. The second kappa shape index (κ2) is 9.16. The molecule has 1 aliphatic rings. The molecule has 2 aromatic rings. The van der Waals surface area contributed by atoms with Gasteiger partial charge in [0.05, 0.1) is 29.4 Å². The van der Waals surface area contributed by atoms with Crippen LogP contribution in [-0.4, -0.2) is 54.0 Å². The largest absolute Gasteiger partial charge is 0.481 e. The van der Waals surface area contributed by atoms with Crippen LogP contribution in [0.3, 0.4) is 0 Å². The number of amides is 2. The van der Waals surface area contributed by atoms with Gasteiger partial charge >= 0.3 is 0 Å². The monoisotopic (exact) mass is 399 g/mol. The second-order valence-electron chi connectivity index (χ2n) is 6.45. The van der Waals surface area contributed by atoms with Gasteiger partial charge in [-0.25, -0.2) is 0 Å².